The molecule has 0 spiro atoms. The van der Waals surface area contributed by atoms with Crippen molar-refractivity contribution in [1.29, 1.82) is 0 Å². The third-order valence-corrected chi connectivity index (χ3v) is 5.94. The minimum atomic E-state index is -0.732. The van der Waals surface area contributed by atoms with Gasteiger partial charge >= 0.3 is 0 Å². The molecule has 0 heterocycles. The van der Waals surface area contributed by atoms with Gasteiger partial charge in [0.1, 0.15) is 9.52 Å². The van der Waals surface area contributed by atoms with Crippen molar-refractivity contribution in [1.82, 2.24) is 4.57 Å². The summed E-state index contributed by atoms with van der Waals surface area (Å²) in [5, 5.41) is 0. The molecule has 0 aliphatic rings. The van der Waals surface area contributed by atoms with Crippen molar-refractivity contribution in [2.24, 2.45) is 5.73 Å². The van der Waals surface area contributed by atoms with E-state index in [-0.39, 0.29) is 0 Å². The van der Waals surface area contributed by atoms with E-state index in [4.69, 9.17) is 19.9 Å². The molecule has 0 atom stereocenters. The molecule has 7 heteroatoms. The molecule has 0 aliphatic carbocycles. The molecule has 0 bridgehead atoms. The molecule has 0 saturated heterocycles. The van der Waals surface area contributed by atoms with Crippen LogP contribution in [0.5, 0.6) is 0 Å². The van der Waals surface area contributed by atoms with Crippen LogP contribution in [0.4, 0.5) is 0 Å². The first-order valence-corrected chi connectivity index (χ1v) is 8.28. The Morgan fingerprint density at radius 3 is 2.19 bits per heavy atom. The molecule has 98 valence electrons. The maximum atomic E-state index is 5.50. The number of methoxy groups -OCH3 is 3. The summed E-state index contributed by atoms with van der Waals surface area (Å²) in [6, 6.07) is 1.15. The molecule has 0 unspecified atom stereocenters. The van der Waals surface area contributed by atoms with Gasteiger partial charge < -0.3 is 24.5 Å². The smallest absolute Gasteiger partial charge is 0.248 e. The molecule has 2 N–H and O–H groups in total. The summed E-state index contributed by atoms with van der Waals surface area (Å²) < 4.78 is 18.2. The Morgan fingerprint density at radius 2 is 1.75 bits per heavy atom. The van der Waals surface area contributed by atoms with Crippen LogP contribution < -0.4 is 5.73 Å². The number of nitrogens with two attached hydrogens (primary N) is 1. The van der Waals surface area contributed by atoms with Crippen molar-refractivity contribution >= 4 is 19.9 Å². The van der Waals surface area contributed by atoms with Gasteiger partial charge in [-0.3, -0.25) is 0 Å². The van der Waals surface area contributed by atoms with Crippen LogP contribution >= 0.6 is 0 Å². The lowest BCUT2D eigenvalue weighted by atomic mass is 10.4. The first-order chi connectivity index (χ1) is 7.64. The van der Waals surface area contributed by atoms with Gasteiger partial charge in [0.2, 0.25) is 5.60 Å². The average molecular weight is 266 g/mol. The lowest BCUT2D eigenvalue weighted by molar-refractivity contribution is -0.294. The van der Waals surface area contributed by atoms with Crippen LogP contribution in [-0.4, -0.2) is 71.0 Å². The second-order valence-corrected chi connectivity index (χ2v) is 7.18. The van der Waals surface area contributed by atoms with E-state index in [9.17, 15) is 0 Å². The molecular weight excluding hydrogens is 240 g/mol. The van der Waals surface area contributed by atoms with E-state index in [0.717, 1.165) is 36.1 Å². The van der Waals surface area contributed by atoms with E-state index < -0.39 is 15.1 Å². The van der Waals surface area contributed by atoms with E-state index in [1.807, 2.05) is 0 Å². The Balaban J connectivity index is 3.70. The van der Waals surface area contributed by atoms with Crippen molar-refractivity contribution in [2.75, 3.05) is 41.0 Å². The summed E-state index contributed by atoms with van der Waals surface area (Å²) in [5.41, 5.74) is 4.76. The fourth-order valence-electron chi connectivity index (χ4n) is 1.61. The van der Waals surface area contributed by atoms with Gasteiger partial charge in [-0.1, -0.05) is 6.04 Å². The highest BCUT2D eigenvalue weighted by molar-refractivity contribution is 6.38. The van der Waals surface area contributed by atoms with Crippen molar-refractivity contribution in [3.05, 3.63) is 0 Å². The maximum absolute atomic E-state index is 5.50. The number of hydrogen-bond acceptors (Lipinski definition) is 5. The summed E-state index contributed by atoms with van der Waals surface area (Å²) in [4.78, 5) is 0. The normalized spacial score (nSPS) is 13.3. The van der Waals surface area contributed by atoms with Gasteiger partial charge in [-0.2, -0.15) is 0 Å². The third-order valence-electron chi connectivity index (χ3n) is 2.72. The summed E-state index contributed by atoms with van der Waals surface area (Å²) in [6.07, 6.45) is 1.17. The summed E-state index contributed by atoms with van der Waals surface area (Å²) in [6.45, 7) is 2.89. The molecular formula is C9H26N2O3Si2. The monoisotopic (exact) mass is 266 g/mol. The van der Waals surface area contributed by atoms with Crippen LogP contribution in [-0.2, 0) is 14.2 Å². The van der Waals surface area contributed by atoms with Crippen LogP contribution in [0.1, 0.15) is 6.42 Å². The quantitative estimate of drug-likeness (QED) is 0.283. The first kappa shape index (κ1) is 16.2. The Kier molecular flexibility index (Phi) is 9.42. The molecule has 0 aromatic rings. The molecule has 0 aromatic carbocycles. The fraction of sp³-hybridized carbons (Fsp3) is 1.00. The van der Waals surface area contributed by atoms with Crippen LogP contribution in [0.15, 0.2) is 0 Å². The predicted octanol–water partition coefficient (Wildman–Crippen LogP) is -1.94. The third kappa shape index (κ3) is 6.09. The minimum Gasteiger partial charge on any atom is -0.335 e. The number of hydrogen-bond donors (Lipinski definition) is 1. The van der Waals surface area contributed by atoms with E-state index in [2.05, 4.69) is 4.57 Å². The van der Waals surface area contributed by atoms with E-state index in [1.165, 1.54) is 6.42 Å². The Bertz CT molecular complexity index is 163. The van der Waals surface area contributed by atoms with E-state index >= 15 is 0 Å². The van der Waals surface area contributed by atoms with Crippen LogP contribution in [0.25, 0.3) is 0 Å². The molecule has 0 fully saturated rings. The molecule has 0 saturated carbocycles. The topological polar surface area (TPSA) is 57.0 Å². The largest absolute Gasteiger partial charge is 0.335 e. The molecule has 5 nitrogen and oxygen atoms in total. The second kappa shape index (κ2) is 9.28. The summed E-state index contributed by atoms with van der Waals surface area (Å²) in [5.74, 6) is 0. The molecule has 0 aliphatic heterocycles. The standard InChI is InChI=1S/C9H26N2O3Si2/c1-12-9(13-2,14-3)16-8-4-6-11(15)7-5-10/h4-8,10,16H2,1-3,15H3. The highest BCUT2D eigenvalue weighted by Gasteiger charge is 2.28. The Morgan fingerprint density at radius 1 is 1.19 bits per heavy atom. The van der Waals surface area contributed by atoms with Crippen molar-refractivity contribution in [3.63, 3.8) is 0 Å². The lowest BCUT2D eigenvalue weighted by Crippen LogP contribution is -2.42. The molecule has 0 rings (SSSR count). The van der Waals surface area contributed by atoms with Crippen LogP contribution in [0.2, 0.25) is 6.04 Å². The van der Waals surface area contributed by atoms with Crippen LogP contribution in [0.3, 0.4) is 0 Å². The number of ether oxygens (including phenoxy) is 3. The lowest BCUT2D eigenvalue weighted by Gasteiger charge is -2.29. The van der Waals surface area contributed by atoms with Crippen molar-refractivity contribution in [3.8, 4) is 0 Å². The van der Waals surface area contributed by atoms with Gasteiger partial charge in [-0.05, 0) is 13.0 Å². The zero-order valence-corrected chi connectivity index (χ0v) is 14.4. The molecule has 0 radical (unpaired) electrons. The number of rotatable bonds is 10. The maximum Gasteiger partial charge on any atom is 0.248 e. The van der Waals surface area contributed by atoms with Gasteiger partial charge in [-0.25, -0.2) is 0 Å². The van der Waals surface area contributed by atoms with Crippen LogP contribution in [0, 0.1) is 0 Å². The van der Waals surface area contributed by atoms with Gasteiger partial charge in [0.05, 0.1) is 10.4 Å². The Hall–Kier alpha value is 0.234. The fourth-order valence-corrected chi connectivity index (χ4v) is 3.71. The van der Waals surface area contributed by atoms with E-state index in [1.54, 1.807) is 21.3 Å². The second-order valence-electron chi connectivity index (χ2n) is 3.84. The zero-order valence-electron chi connectivity index (χ0n) is 11.0. The molecule has 0 amide bonds. The molecule has 0 aromatic heterocycles. The SMILES string of the molecule is COC(OC)(OC)[SiH2]CCCN([SiH3])CCN. The van der Waals surface area contributed by atoms with Gasteiger partial charge in [0, 0.05) is 34.4 Å². The van der Waals surface area contributed by atoms with Gasteiger partial charge in [0.25, 0.3) is 0 Å². The molecule has 16 heavy (non-hydrogen) atoms. The highest BCUT2D eigenvalue weighted by Crippen LogP contribution is 2.12. The van der Waals surface area contributed by atoms with Crippen molar-refractivity contribution < 1.29 is 14.2 Å². The minimum absolute atomic E-state index is 0.548. The van der Waals surface area contributed by atoms with Crippen molar-refractivity contribution in [2.45, 2.75) is 18.1 Å². The zero-order chi connectivity index (χ0) is 12.4. The summed E-state index contributed by atoms with van der Waals surface area (Å²) >= 11 is 0. The predicted molar refractivity (Wildman–Crippen MR) is 72.3 cm³/mol. The first-order valence-electron chi connectivity index (χ1n) is 5.68. The Labute approximate surface area is 104 Å². The number of nitrogens with zero attached hydrogens (tertiary/aromatic N) is 1. The van der Waals surface area contributed by atoms with Gasteiger partial charge in [0.15, 0.2) is 0 Å². The van der Waals surface area contributed by atoms with E-state index in [0.29, 0.717) is 0 Å². The summed E-state index contributed by atoms with van der Waals surface area (Å²) in [7, 11) is 5.43. The highest BCUT2D eigenvalue weighted by atomic mass is 28.2. The average Bonchev–Trinajstić information content (AvgIpc) is 2.31. The van der Waals surface area contributed by atoms with Gasteiger partial charge in [-0.15, -0.1) is 0 Å².